The van der Waals surface area contributed by atoms with E-state index in [1.165, 1.54) is 0 Å². The highest BCUT2D eigenvalue weighted by molar-refractivity contribution is 5.76. The molecule has 1 rings (SSSR count). The van der Waals surface area contributed by atoms with Crippen molar-refractivity contribution in [3.05, 3.63) is 0 Å². The molecule has 0 spiro atoms. The lowest BCUT2D eigenvalue weighted by Crippen LogP contribution is -2.52. The molecule has 0 radical (unpaired) electrons. The Morgan fingerprint density at radius 1 is 1.41 bits per heavy atom. The van der Waals surface area contributed by atoms with Crippen LogP contribution in [0.3, 0.4) is 0 Å². The highest BCUT2D eigenvalue weighted by Crippen LogP contribution is 2.08. The van der Waals surface area contributed by atoms with E-state index in [-0.39, 0.29) is 0 Å². The number of piperazine rings is 1. The molecule has 1 fully saturated rings. The molecule has 1 heterocycles. The molecule has 0 aliphatic carbocycles. The molecule has 1 amide bonds. The van der Waals surface area contributed by atoms with Crippen LogP contribution in [0.4, 0.5) is 0 Å². The van der Waals surface area contributed by atoms with Gasteiger partial charge < -0.3 is 15.1 Å². The fourth-order valence-electron chi connectivity index (χ4n) is 2.06. The lowest BCUT2D eigenvalue weighted by molar-refractivity contribution is -0.133. The Morgan fingerprint density at radius 2 is 2.12 bits per heavy atom. The summed E-state index contributed by atoms with van der Waals surface area (Å²) in [6.07, 6.45) is 1.62. The fourth-order valence-corrected chi connectivity index (χ4v) is 2.06. The monoisotopic (exact) mass is 241 g/mol. The molecular formula is C13H27N3O. The summed E-state index contributed by atoms with van der Waals surface area (Å²) in [5, 5.41) is 3.34. The second kappa shape index (κ2) is 6.97. The maximum atomic E-state index is 12.0. The van der Waals surface area contributed by atoms with Gasteiger partial charge in [0.1, 0.15) is 0 Å². The zero-order valence-electron chi connectivity index (χ0n) is 11.7. The molecule has 0 aromatic carbocycles. The third kappa shape index (κ3) is 5.04. The lowest BCUT2D eigenvalue weighted by Gasteiger charge is -2.37. The Morgan fingerprint density at radius 3 is 2.71 bits per heavy atom. The van der Waals surface area contributed by atoms with Crippen molar-refractivity contribution in [1.82, 2.24) is 15.1 Å². The second-order valence-corrected chi connectivity index (χ2v) is 5.38. The van der Waals surface area contributed by atoms with Gasteiger partial charge in [0.05, 0.1) is 0 Å². The van der Waals surface area contributed by atoms with Crippen molar-refractivity contribution in [1.29, 1.82) is 0 Å². The Bertz CT molecular complexity index is 243. The highest BCUT2D eigenvalue weighted by atomic mass is 16.2. The molecule has 1 atom stereocenters. The number of nitrogens with one attached hydrogen (secondary N) is 1. The molecular weight excluding hydrogens is 214 g/mol. The summed E-state index contributed by atoms with van der Waals surface area (Å²) < 4.78 is 0. The van der Waals surface area contributed by atoms with Gasteiger partial charge >= 0.3 is 0 Å². The Kier molecular flexibility index (Phi) is 5.92. The van der Waals surface area contributed by atoms with E-state index in [9.17, 15) is 4.79 Å². The predicted molar refractivity (Wildman–Crippen MR) is 71.0 cm³/mol. The standard InChI is InChI=1S/C13H27N3O/c1-11(2)14-7-5-6-13(17)16-9-8-15(4)12(3)10-16/h11-12,14H,5-10H2,1-4H3. The molecule has 1 aliphatic rings. The van der Waals surface area contributed by atoms with Crippen LogP contribution < -0.4 is 5.32 Å². The zero-order chi connectivity index (χ0) is 12.8. The van der Waals surface area contributed by atoms with Gasteiger partial charge in [-0.2, -0.15) is 0 Å². The van der Waals surface area contributed by atoms with Gasteiger partial charge in [-0.25, -0.2) is 0 Å². The van der Waals surface area contributed by atoms with Crippen molar-refractivity contribution in [2.75, 3.05) is 33.2 Å². The molecule has 0 aromatic heterocycles. The van der Waals surface area contributed by atoms with Crippen molar-refractivity contribution < 1.29 is 4.79 Å². The van der Waals surface area contributed by atoms with Crippen molar-refractivity contribution in [2.45, 2.75) is 45.7 Å². The molecule has 1 N–H and O–H groups in total. The van der Waals surface area contributed by atoms with Crippen molar-refractivity contribution in [3.8, 4) is 0 Å². The number of carbonyl (C=O) groups is 1. The minimum Gasteiger partial charge on any atom is -0.340 e. The van der Waals surface area contributed by atoms with Gasteiger partial charge in [-0.05, 0) is 26.9 Å². The van der Waals surface area contributed by atoms with E-state index in [2.05, 4.69) is 38.0 Å². The third-order valence-electron chi connectivity index (χ3n) is 3.43. The number of carbonyl (C=O) groups excluding carboxylic acids is 1. The van der Waals surface area contributed by atoms with Gasteiger partial charge in [-0.15, -0.1) is 0 Å². The van der Waals surface area contributed by atoms with E-state index in [0.717, 1.165) is 32.6 Å². The molecule has 0 bridgehead atoms. The summed E-state index contributed by atoms with van der Waals surface area (Å²) in [7, 11) is 2.12. The molecule has 1 saturated heterocycles. The van der Waals surface area contributed by atoms with E-state index in [1.807, 2.05) is 4.90 Å². The van der Waals surface area contributed by atoms with Crippen molar-refractivity contribution in [3.63, 3.8) is 0 Å². The van der Waals surface area contributed by atoms with Crippen molar-refractivity contribution in [2.24, 2.45) is 0 Å². The van der Waals surface area contributed by atoms with Gasteiger partial charge in [-0.1, -0.05) is 13.8 Å². The van der Waals surface area contributed by atoms with Gasteiger partial charge in [0.15, 0.2) is 0 Å². The first kappa shape index (κ1) is 14.5. The number of rotatable bonds is 5. The van der Waals surface area contributed by atoms with E-state index < -0.39 is 0 Å². The zero-order valence-corrected chi connectivity index (χ0v) is 11.7. The summed E-state index contributed by atoms with van der Waals surface area (Å²) in [5.41, 5.74) is 0. The minimum atomic E-state index is 0.315. The van der Waals surface area contributed by atoms with Crippen LogP contribution in [0.2, 0.25) is 0 Å². The largest absolute Gasteiger partial charge is 0.340 e. The smallest absolute Gasteiger partial charge is 0.222 e. The third-order valence-corrected chi connectivity index (χ3v) is 3.43. The van der Waals surface area contributed by atoms with E-state index >= 15 is 0 Å². The average Bonchev–Trinajstić information content (AvgIpc) is 2.27. The number of likely N-dealkylation sites (N-methyl/N-ethyl adjacent to an activating group) is 1. The summed E-state index contributed by atoms with van der Waals surface area (Å²) >= 11 is 0. The van der Waals surface area contributed by atoms with Crippen LogP contribution in [-0.2, 0) is 4.79 Å². The fraction of sp³-hybridized carbons (Fsp3) is 0.923. The van der Waals surface area contributed by atoms with Gasteiger partial charge in [0.25, 0.3) is 0 Å². The maximum Gasteiger partial charge on any atom is 0.222 e. The Balaban J connectivity index is 2.19. The van der Waals surface area contributed by atoms with Crippen LogP contribution in [-0.4, -0.2) is 61.0 Å². The summed E-state index contributed by atoms with van der Waals surface area (Å²) in [5.74, 6) is 0.315. The normalized spacial score (nSPS) is 22.2. The molecule has 100 valence electrons. The second-order valence-electron chi connectivity index (χ2n) is 5.38. The topological polar surface area (TPSA) is 35.6 Å². The first-order valence-electron chi connectivity index (χ1n) is 6.72. The first-order valence-corrected chi connectivity index (χ1v) is 6.72. The maximum absolute atomic E-state index is 12.0. The minimum absolute atomic E-state index is 0.315. The summed E-state index contributed by atoms with van der Waals surface area (Å²) in [6, 6.07) is 0.996. The Hall–Kier alpha value is -0.610. The van der Waals surface area contributed by atoms with Gasteiger partial charge in [0, 0.05) is 38.1 Å². The summed E-state index contributed by atoms with van der Waals surface area (Å²) in [4.78, 5) is 16.3. The van der Waals surface area contributed by atoms with Crippen LogP contribution in [0, 0.1) is 0 Å². The molecule has 1 unspecified atom stereocenters. The lowest BCUT2D eigenvalue weighted by atomic mass is 10.2. The Labute approximate surface area is 105 Å². The average molecular weight is 241 g/mol. The highest BCUT2D eigenvalue weighted by Gasteiger charge is 2.23. The van der Waals surface area contributed by atoms with E-state index in [4.69, 9.17) is 0 Å². The SMILES string of the molecule is CC(C)NCCCC(=O)N1CCN(C)C(C)C1. The molecule has 0 aromatic rings. The quantitative estimate of drug-likeness (QED) is 0.727. The van der Waals surface area contributed by atoms with Crippen LogP contribution in [0.1, 0.15) is 33.6 Å². The van der Waals surface area contributed by atoms with Crippen LogP contribution in [0.5, 0.6) is 0 Å². The first-order chi connectivity index (χ1) is 8.00. The molecule has 4 nitrogen and oxygen atoms in total. The number of nitrogens with zero attached hydrogens (tertiary/aromatic N) is 2. The van der Waals surface area contributed by atoms with Gasteiger partial charge in [-0.3, -0.25) is 4.79 Å². The van der Waals surface area contributed by atoms with Crippen molar-refractivity contribution >= 4 is 5.91 Å². The van der Waals surface area contributed by atoms with Crippen LogP contribution in [0.25, 0.3) is 0 Å². The molecule has 17 heavy (non-hydrogen) atoms. The van der Waals surface area contributed by atoms with E-state index in [0.29, 0.717) is 24.4 Å². The molecule has 0 saturated carbocycles. The molecule has 4 heteroatoms. The number of amides is 1. The number of hydrogen-bond donors (Lipinski definition) is 1. The predicted octanol–water partition coefficient (Wildman–Crippen LogP) is 0.927. The number of hydrogen-bond acceptors (Lipinski definition) is 3. The molecule has 1 aliphatic heterocycles. The van der Waals surface area contributed by atoms with Crippen LogP contribution in [0.15, 0.2) is 0 Å². The summed E-state index contributed by atoms with van der Waals surface area (Å²) in [6.45, 7) is 10.1. The van der Waals surface area contributed by atoms with E-state index in [1.54, 1.807) is 0 Å². The van der Waals surface area contributed by atoms with Gasteiger partial charge in [0.2, 0.25) is 5.91 Å². The van der Waals surface area contributed by atoms with Crippen LogP contribution >= 0.6 is 0 Å².